The molecule has 0 aliphatic heterocycles. The smallest absolute Gasteiger partial charge is 0.161 e. The minimum absolute atomic E-state index is 0.614. The van der Waals surface area contributed by atoms with Gasteiger partial charge in [0.2, 0.25) is 0 Å². The zero-order valence-electron chi connectivity index (χ0n) is 11.8. The van der Waals surface area contributed by atoms with E-state index in [0.29, 0.717) is 5.92 Å². The topological polar surface area (TPSA) is 21.7 Å². The van der Waals surface area contributed by atoms with Crippen LogP contribution in [0, 0.1) is 0 Å². The number of benzene rings is 1. The van der Waals surface area contributed by atoms with Crippen molar-refractivity contribution in [3.63, 3.8) is 0 Å². The number of hydrogen-bond acceptors (Lipinski definition) is 3. The van der Waals surface area contributed by atoms with Crippen LogP contribution in [0.1, 0.15) is 29.9 Å². The average molecular weight is 249 g/mol. The summed E-state index contributed by atoms with van der Waals surface area (Å²) in [5.41, 5.74) is 2.86. The lowest BCUT2D eigenvalue weighted by Crippen LogP contribution is -2.23. The zero-order chi connectivity index (χ0) is 13.1. The molecule has 1 aliphatic rings. The molecule has 0 saturated carbocycles. The largest absolute Gasteiger partial charge is 0.493 e. The van der Waals surface area contributed by atoms with Crippen molar-refractivity contribution in [2.45, 2.75) is 25.2 Å². The molecule has 0 heterocycles. The van der Waals surface area contributed by atoms with Gasteiger partial charge < -0.3 is 14.4 Å². The third-order valence-electron chi connectivity index (χ3n) is 3.67. The van der Waals surface area contributed by atoms with Crippen molar-refractivity contribution in [3.8, 4) is 11.5 Å². The van der Waals surface area contributed by atoms with Crippen LogP contribution in [0.4, 0.5) is 0 Å². The summed E-state index contributed by atoms with van der Waals surface area (Å²) in [6.07, 6.45) is 3.68. The molecule has 0 spiro atoms. The fourth-order valence-corrected chi connectivity index (χ4v) is 2.86. The lowest BCUT2D eigenvalue weighted by molar-refractivity contribution is 0.341. The molecule has 18 heavy (non-hydrogen) atoms. The molecule has 0 aromatic heterocycles. The highest BCUT2D eigenvalue weighted by molar-refractivity contribution is 5.49. The van der Waals surface area contributed by atoms with E-state index in [1.807, 2.05) is 0 Å². The van der Waals surface area contributed by atoms with Crippen molar-refractivity contribution < 1.29 is 9.47 Å². The van der Waals surface area contributed by atoms with Crippen molar-refractivity contribution in [1.29, 1.82) is 0 Å². The minimum Gasteiger partial charge on any atom is -0.493 e. The molecule has 0 saturated heterocycles. The Bertz CT molecular complexity index is 415. The first-order valence-electron chi connectivity index (χ1n) is 6.55. The fourth-order valence-electron chi connectivity index (χ4n) is 2.86. The normalized spacial score (nSPS) is 18.6. The maximum absolute atomic E-state index is 5.42. The SMILES string of the molecule is COc1cc2c(cc1OC)C(CN(C)C)CCC2. The first-order valence-corrected chi connectivity index (χ1v) is 6.55. The van der Waals surface area contributed by atoms with E-state index in [2.05, 4.69) is 31.1 Å². The maximum atomic E-state index is 5.42. The predicted octanol–water partition coefficient (Wildman–Crippen LogP) is 2.69. The molecule has 3 nitrogen and oxygen atoms in total. The fraction of sp³-hybridized carbons (Fsp3) is 0.600. The molecule has 0 N–H and O–H groups in total. The molecule has 1 aromatic rings. The molecule has 3 heteroatoms. The van der Waals surface area contributed by atoms with Gasteiger partial charge in [-0.05, 0) is 62.5 Å². The van der Waals surface area contributed by atoms with Crippen molar-refractivity contribution >= 4 is 0 Å². The standard InChI is InChI=1S/C15H23NO2/c1-16(2)10-12-7-5-6-11-8-14(17-3)15(18-4)9-13(11)12/h8-9,12H,5-7,10H2,1-4H3. The first kappa shape index (κ1) is 13.2. The molecule has 0 radical (unpaired) electrons. The van der Waals surface area contributed by atoms with Crippen molar-refractivity contribution in [2.75, 3.05) is 34.9 Å². The van der Waals surface area contributed by atoms with Gasteiger partial charge in [0.15, 0.2) is 11.5 Å². The van der Waals surface area contributed by atoms with E-state index in [1.165, 1.54) is 24.0 Å². The van der Waals surface area contributed by atoms with E-state index in [0.717, 1.165) is 24.5 Å². The van der Waals surface area contributed by atoms with E-state index < -0.39 is 0 Å². The van der Waals surface area contributed by atoms with Crippen LogP contribution in [0.2, 0.25) is 0 Å². The van der Waals surface area contributed by atoms with Gasteiger partial charge in [0.05, 0.1) is 14.2 Å². The second-order valence-electron chi connectivity index (χ2n) is 5.26. The highest BCUT2D eigenvalue weighted by Gasteiger charge is 2.23. The van der Waals surface area contributed by atoms with E-state index in [9.17, 15) is 0 Å². The van der Waals surface area contributed by atoms with Crippen LogP contribution in [0.15, 0.2) is 12.1 Å². The monoisotopic (exact) mass is 249 g/mol. The number of ether oxygens (including phenoxy) is 2. The van der Waals surface area contributed by atoms with Gasteiger partial charge in [-0.3, -0.25) is 0 Å². The van der Waals surface area contributed by atoms with Crippen molar-refractivity contribution in [3.05, 3.63) is 23.3 Å². The summed E-state index contributed by atoms with van der Waals surface area (Å²) in [5, 5.41) is 0. The molecule has 1 atom stereocenters. The highest BCUT2D eigenvalue weighted by atomic mass is 16.5. The van der Waals surface area contributed by atoms with Gasteiger partial charge in [0, 0.05) is 6.54 Å². The average Bonchev–Trinajstić information content (AvgIpc) is 2.37. The molecular formula is C15H23NO2. The Labute approximate surface area is 110 Å². The van der Waals surface area contributed by atoms with Crippen LogP contribution in [-0.4, -0.2) is 39.8 Å². The van der Waals surface area contributed by atoms with Gasteiger partial charge in [-0.15, -0.1) is 0 Å². The second-order valence-corrected chi connectivity index (χ2v) is 5.26. The van der Waals surface area contributed by atoms with Gasteiger partial charge in [0.1, 0.15) is 0 Å². The Kier molecular flexibility index (Phi) is 4.12. The number of methoxy groups -OCH3 is 2. The Morgan fingerprint density at radius 2 is 1.83 bits per heavy atom. The Hall–Kier alpha value is -1.22. The summed E-state index contributed by atoms with van der Waals surface area (Å²) in [6.45, 7) is 1.10. The van der Waals surface area contributed by atoms with Gasteiger partial charge in [-0.25, -0.2) is 0 Å². The van der Waals surface area contributed by atoms with Crippen molar-refractivity contribution in [2.24, 2.45) is 0 Å². The van der Waals surface area contributed by atoms with Crippen LogP contribution >= 0.6 is 0 Å². The molecule has 1 aliphatic carbocycles. The number of hydrogen-bond donors (Lipinski definition) is 0. The number of aryl methyl sites for hydroxylation is 1. The zero-order valence-corrected chi connectivity index (χ0v) is 11.8. The van der Waals surface area contributed by atoms with Gasteiger partial charge in [0.25, 0.3) is 0 Å². The second kappa shape index (κ2) is 5.61. The molecule has 1 aromatic carbocycles. The molecule has 0 fully saturated rings. The number of fused-ring (bicyclic) bond motifs is 1. The Balaban J connectivity index is 2.37. The molecule has 0 bridgehead atoms. The Morgan fingerprint density at radius 3 is 2.44 bits per heavy atom. The van der Waals surface area contributed by atoms with E-state index >= 15 is 0 Å². The van der Waals surface area contributed by atoms with Crippen LogP contribution in [0.3, 0.4) is 0 Å². The molecular weight excluding hydrogens is 226 g/mol. The van der Waals surface area contributed by atoms with Crippen LogP contribution in [0.5, 0.6) is 11.5 Å². The third kappa shape index (κ3) is 2.61. The number of nitrogens with zero attached hydrogens (tertiary/aromatic N) is 1. The van der Waals surface area contributed by atoms with E-state index in [4.69, 9.17) is 9.47 Å². The van der Waals surface area contributed by atoms with E-state index in [1.54, 1.807) is 14.2 Å². The summed E-state index contributed by atoms with van der Waals surface area (Å²) >= 11 is 0. The van der Waals surface area contributed by atoms with Crippen LogP contribution < -0.4 is 9.47 Å². The molecule has 0 amide bonds. The lowest BCUT2D eigenvalue weighted by Gasteiger charge is -2.28. The van der Waals surface area contributed by atoms with Gasteiger partial charge in [-0.2, -0.15) is 0 Å². The summed E-state index contributed by atoms with van der Waals surface area (Å²) in [5.74, 6) is 2.31. The quantitative estimate of drug-likeness (QED) is 0.819. The summed E-state index contributed by atoms with van der Waals surface area (Å²) < 4.78 is 10.8. The predicted molar refractivity (Wildman–Crippen MR) is 73.8 cm³/mol. The number of likely N-dealkylation sites (N-methyl/N-ethyl adjacent to an activating group) is 1. The van der Waals surface area contributed by atoms with Crippen LogP contribution in [0.25, 0.3) is 0 Å². The number of rotatable bonds is 4. The molecule has 2 rings (SSSR count). The highest BCUT2D eigenvalue weighted by Crippen LogP contribution is 2.39. The summed E-state index contributed by atoms with van der Waals surface area (Å²) in [4.78, 5) is 2.26. The lowest BCUT2D eigenvalue weighted by atomic mass is 9.82. The van der Waals surface area contributed by atoms with Crippen molar-refractivity contribution in [1.82, 2.24) is 4.90 Å². The van der Waals surface area contributed by atoms with E-state index in [-0.39, 0.29) is 0 Å². The minimum atomic E-state index is 0.614. The summed E-state index contributed by atoms with van der Waals surface area (Å²) in [7, 11) is 7.67. The summed E-state index contributed by atoms with van der Waals surface area (Å²) in [6, 6.07) is 4.32. The van der Waals surface area contributed by atoms with Gasteiger partial charge in [-0.1, -0.05) is 0 Å². The maximum Gasteiger partial charge on any atom is 0.161 e. The first-order chi connectivity index (χ1) is 8.65. The Morgan fingerprint density at radius 1 is 1.17 bits per heavy atom. The van der Waals surface area contributed by atoms with Crippen LogP contribution in [-0.2, 0) is 6.42 Å². The van der Waals surface area contributed by atoms with Gasteiger partial charge >= 0.3 is 0 Å². The molecule has 1 unspecified atom stereocenters. The third-order valence-corrected chi connectivity index (χ3v) is 3.67. The molecule has 100 valence electrons.